The minimum absolute atomic E-state index is 0.410. The van der Waals surface area contributed by atoms with Gasteiger partial charge in [0.2, 0.25) is 0 Å². The number of aliphatic hydroxyl groups is 1. The number of aromatic nitrogens is 2. The Morgan fingerprint density at radius 1 is 1.47 bits per heavy atom. The zero-order valence-electron chi connectivity index (χ0n) is 10.8. The van der Waals surface area contributed by atoms with Crippen LogP contribution in [0, 0.1) is 0 Å². The molecule has 19 heavy (non-hydrogen) atoms. The third kappa shape index (κ3) is 3.38. The number of aromatic amines is 1. The number of aldehydes is 1. The number of imidazole rings is 1. The number of methoxy groups -OCH3 is 1. The van der Waals surface area contributed by atoms with Crippen molar-refractivity contribution in [2.24, 2.45) is 0 Å². The number of H-pyrrole nitrogens is 1. The van der Waals surface area contributed by atoms with E-state index in [-0.39, 0.29) is 0 Å². The molecule has 0 saturated carbocycles. The van der Waals surface area contributed by atoms with Crippen molar-refractivity contribution in [1.29, 1.82) is 0 Å². The molecule has 102 valence electrons. The number of carbonyl (C=O) groups is 2. The molecular weight excluding hydrogens is 248 g/mol. The molecule has 1 aromatic carbocycles. The summed E-state index contributed by atoms with van der Waals surface area (Å²) in [4.78, 5) is 29.2. The highest BCUT2D eigenvalue weighted by molar-refractivity contribution is 6.01. The van der Waals surface area contributed by atoms with Crippen LogP contribution >= 0.6 is 0 Å². The van der Waals surface area contributed by atoms with Gasteiger partial charge in [-0.15, -0.1) is 0 Å². The molecule has 0 aliphatic rings. The van der Waals surface area contributed by atoms with Crippen LogP contribution in [0.25, 0.3) is 11.0 Å². The summed E-state index contributed by atoms with van der Waals surface area (Å²) in [6, 6.07) is 5.26. The van der Waals surface area contributed by atoms with Crippen LogP contribution in [0.3, 0.4) is 0 Å². The zero-order valence-corrected chi connectivity index (χ0v) is 10.8. The lowest BCUT2D eigenvalue weighted by Gasteiger charge is -1.98. The summed E-state index contributed by atoms with van der Waals surface area (Å²) in [7, 11) is 2.33. The summed E-state index contributed by atoms with van der Waals surface area (Å²) in [6.07, 6.45) is 1.79. The Kier molecular flexibility index (Phi) is 5.69. The average molecular weight is 264 g/mol. The van der Waals surface area contributed by atoms with Crippen molar-refractivity contribution < 1.29 is 19.4 Å². The van der Waals surface area contributed by atoms with Gasteiger partial charge in [-0.05, 0) is 12.1 Å². The Labute approximate surface area is 110 Å². The van der Waals surface area contributed by atoms with Gasteiger partial charge in [-0.3, -0.25) is 0 Å². The molecule has 0 amide bonds. The number of rotatable bonds is 4. The molecular formula is C13H16N2O4. The van der Waals surface area contributed by atoms with Crippen LogP contribution in [0.2, 0.25) is 0 Å². The molecule has 0 aliphatic carbocycles. The number of aryl methyl sites for hydroxylation is 1. The number of carbonyl (C=O) groups excluding carboxylic acids is 2. The van der Waals surface area contributed by atoms with Gasteiger partial charge in [0.1, 0.15) is 17.6 Å². The summed E-state index contributed by atoms with van der Waals surface area (Å²) in [5.74, 6) is 0.285. The molecule has 0 aliphatic heterocycles. The largest absolute Gasteiger partial charge is 0.465 e. The second kappa shape index (κ2) is 7.27. The molecule has 0 radical (unpaired) electrons. The standard InChI is InChI=1S/C12H12N2O3.CH4O/c1-17-12(16)8-4-2-5-9-11(8)14-10(13-9)6-3-7-15;1-2/h2,4-5,7H,3,6H2,1H3,(H,13,14);2H,1H3. The van der Waals surface area contributed by atoms with E-state index in [9.17, 15) is 9.59 Å². The molecule has 0 unspecified atom stereocenters. The summed E-state index contributed by atoms with van der Waals surface area (Å²) < 4.78 is 4.69. The van der Waals surface area contributed by atoms with E-state index in [1.165, 1.54) is 7.11 Å². The van der Waals surface area contributed by atoms with Crippen molar-refractivity contribution in [3.63, 3.8) is 0 Å². The second-order valence-electron chi connectivity index (χ2n) is 3.58. The molecule has 6 heteroatoms. The molecule has 6 nitrogen and oxygen atoms in total. The van der Waals surface area contributed by atoms with Gasteiger partial charge in [0.05, 0.1) is 18.2 Å². The molecule has 0 spiro atoms. The van der Waals surface area contributed by atoms with Gasteiger partial charge in [-0.1, -0.05) is 6.07 Å². The van der Waals surface area contributed by atoms with Crippen molar-refractivity contribution in [3.8, 4) is 0 Å². The SMILES string of the molecule is CO.COC(=O)c1cccc2[nH]c(CCC=O)nc12. The predicted molar refractivity (Wildman–Crippen MR) is 70.0 cm³/mol. The van der Waals surface area contributed by atoms with E-state index in [0.717, 1.165) is 18.9 Å². The average Bonchev–Trinajstić information content (AvgIpc) is 2.89. The fourth-order valence-corrected chi connectivity index (χ4v) is 1.67. The number of nitrogens with zero attached hydrogens (tertiary/aromatic N) is 1. The first-order valence-electron chi connectivity index (χ1n) is 5.70. The highest BCUT2D eigenvalue weighted by Gasteiger charge is 2.13. The van der Waals surface area contributed by atoms with Gasteiger partial charge in [0.15, 0.2) is 0 Å². The molecule has 2 N–H and O–H groups in total. The van der Waals surface area contributed by atoms with Gasteiger partial charge >= 0.3 is 5.97 Å². The Balaban J connectivity index is 0.000000861. The number of hydrogen-bond donors (Lipinski definition) is 2. The first-order valence-corrected chi connectivity index (χ1v) is 5.70. The number of benzene rings is 1. The number of ether oxygens (including phenoxy) is 1. The van der Waals surface area contributed by atoms with Crippen molar-refractivity contribution in [1.82, 2.24) is 9.97 Å². The lowest BCUT2D eigenvalue weighted by molar-refractivity contribution is -0.107. The fraction of sp³-hybridized carbons (Fsp3) is 0.308. The fourth-order valence-electron chi connectivity index (χ4n) is 1.67. The van der Waals surface area contributed by atoms with Crippen LogP contribution in [0.5, 0.6) is 0 Å². The van der Waals surface area contributed by atoms with Crippen molar-refractivity contribution in [2.45, 2.75) is 12.8 Å². The maximum absolute atomic E-state index is 11.5. The molecule has 0 saturated heterocycles. The molecule has 0 fully saturated rings. The Hall–Kier alpha value is -2.21. The first-order chi connectivity index (χ1) is 9.26. The quantitative estimate of drug-likeness (QED) is 0.637. The number of para-hydroxylation sites is 1. The third-order valence-corrected chi connectivity index (χ3v) is 2.47. The van der Waals surface area contributed by atoms with Crippen molar-refractivity contribution >= 4 is 23.3 Å². The molecule has 2 aromatic rings. The minimum Gasteiger partial charge on any atom is -0.465 e. The molecule has 0 bridgehead atoms. The minimum atomic E-state index is -0.413. The van der Waals surface area contributed by atoms with Gasteiger partial charge in [0.25, 0.3) is 0 Å². The normalized spacial score (nSPS) is 9.63. The van der Waals surface area contributed by atoms with E-state index in [2.05, 4.69) is 14.7 Å². The number of fused-ring (bicyclic) bond motifs is 1. The highest BCUT2D eigenvalue weighted by atomic mass is 16.5. The zero-order chi connectivity index (χ0) is 14.3. The second-order valence-corrected chi connectivity index (χ2v) is 3.58. The van der Waals surface area contributed by atoms with E-state index in [0.29, 0.717) is 29.7 Å². The van der Waals surface area contributed by atoms with E-state index in [1.807, 2.05) is 6.07 Å². The maximum atomic E-state index is 11.5. The number of aliphatic hydroxyl groups excluding tert-OH is 1. The van der Waals surface area contributed by atoms with Crippen molar-refractivity contribution in [2.75, 3.05) is 14.2 Å². The summed E-state index contributed by atoms with van der Waals surface area (Å²) >= 11 is 0. The summed E-state index contributed by atoms with van der Waals surface area (Å²) in [6.45, 7) is 0. The lowest BCUT2D eigenvalue weighted by atomic mass is 10.2. The number of esters is 1. The van der Waals surface area contributed by atoms with E-state index in [1.54, 1.807) is 12.1 Å². The van der Waals surface area contributed by atoms with Crippen LogP contribution < -0.4 is 0 Å². The molecule has 1 aromatic heterocycles. The van der Waals surface area contributed by atoms with Gasteiger partial charge < -0.3 is 19.6 Å². The van der Waals surface area contributed by atoms with Crippen LogP contribution in [0.15, 0.2) is 18.2 Å². The van der Waals surface area contributed by atoms with Crippen LogP contribution in [0.4, 0.5) is 0 Å². The van der Waals surface area contributed by atoms with Gasteiger partial charge in [-0.2, -0.15) is 0 Å². The number of nitrogens with one attached hydrogen (secondary N) is 1. The van der Waals surface area contributed by atoms with Crippen molar-refractivity contribution in [3.05, 3.63) is 29.6 Å². The van der Waals surface area contributed by atoms with Gasteiger partial charge in [-0.25, -0.2) is 9.78 Å². The molecule has 1 heterocycles. The van der Waals surface area contributed by atoms with E-state index >= 15 is 0 Å². The summed E-state index contributed by atoms with van der Waals surface area (Å²) in [5.41, 5.74) is 1.78. The lowest BCUT2D eigenvalue weighted by Crippen LogP contribution is -2.01. The third-order valence-electron chi connectivity index (χ3n) is 2.47. The van der Waals surface area contributed by atoms with E-state index in [4.69, 9.17) is 5.11 Å². The molecule has 0 atom stereocenters. The highest BCUT2D eigenvalue weighted by Crippen LogP contribution is 2.17. The monoisotopic (exact) mass is 264 g/mol. The Morgan fingerprint density at radius 2 is 2.21 bits per heavy atom. The van der Waals surface area contributed by atoms with Crippen LogP contribution in [0.1, 0.15) is 22.6 Å². The first kappa shape index (κ1) is 14.8. The molecule has 2 rings (SSSR count). The van der Waals surface area contributed by atoms with Crippen LogP contribution in [-0.2, 0) is 16.0 Å². The van der Waals surface area contributed by atoms with E-state index < -0.39 is 5.97 Å². The smallest absolute Gasteiger partial charge is 0.340 e. The topological polar surface area (TPSA) is 92.3 Å². The summed E-state index contributed by atoms with van der Waals surface area (Å²) in [5, 5.41) is 7.00. The number of hydrogen-bond acceptors (Lipinski definition) is 5. The Bertz CT molecular complexity index is 563. The Morgan fingerprint density at radius 3 is 2.84 bits per heavy atom. The van der Waals surface area contributed by atoms with Crippen LogP contribution in [-0.4, -0.2) is 41.5 Å². The maximum Gasteiger partial charge on any atom is 0.340 e. The van der Waals surface area contributed by atoms with Gasteiger partial charge in [0, 0.05) is 20.0 Å². The predicted octanol–water partition coefficient (Wildman–Crippen LogP) is 1.09.